The van der Waals surface area contributed by atoms with Crippen LogP contribution in [0, 0.1) is 13.8 Å². The number of aryl methyl sites for hydroxylation is 2. The van der Waals surface area contributed by atoms with Crippen molar-refractivity contribution in [3.05, 3.63) is 82.1 Å². The smallest absolute Gasteiger partial charge is 0.251 e. The van der Waals surface area contributed by atoms with Crippen molar-refractivity contribution in [2.45, 2.75) is 20.4 Å². The van der Waals surface area contributed by atoms with Gasteiger partial charge in [-0.2, -0.15) is 9.61 Å². The van der Waals surface area contributed by atoms with Gasteiger partial charge in [-0.1, -0.05) is 41.4 Å². The highest BCUT2D eigenvalue weighted by atomic mass is 35.5. The van der Waals surface area contributed by atoms with Crippen molar-refractivity contribution < 1.29 is 4.79 Å². The summed E-state index contributed by atoms with van der Waals surface area (Å²) in [5, 5.41) is 16.5. The molecule has 0 aliphatic carbocycles. The van der Waals surface area contributed by atoms with Crippen LogP contribution < -0.4 is 5.32 Å². The Morgan fingerprint density at radius 1 is 1.04 bits per heavy atom. The number of carbonyl (C=O) groups excluding carboxylic acids is 1. The monoisotopic (exact) mass is 391 g/mol. The standard InChI is InChI=1S/C21H18ClN5O/c1-13-3-8-17(14(2)11-13)21(28)23-12-20-25-24-19-10-9-18(26-27(19)20)15-4-6-16(22)7-5-15/h3-11H,12H2,1-2H3,(H,23,28). The van der Waals surface area contributed by atoms with Crippen molar-refractivity contribution in [1.82, 2.24) is 25.1 Å². The molecule has 7 heteroatoms. The number of nitrogens with one attached hydrogen (secondary N) is 1. The second-order valence-electron chi connectivity index (χ2n) is 6.61. The average Bonchev–Trinajstić information content (AvgIpc) is 3.09. The van der Waals surface area contributed by atoms with Crippen molar-refractivity contribution in [2.24, 2.45) is 0 Å². The molecule has 0 unspecified atom stereocenters. The number of amides is 1. The zero-order chi connectivity index (χ0) is 19.7. The first-order chi connectivity index (χ1) is 13.5. The topological polar surface area (TPSA) is 72.2 Å². The van der Waals surface area contributed by atoms with Crippen molar-refractivity contribution >= 4 is 23.2 Å². The molecule has 2 aromatic carbocycles. The maximum absolute atomic E-state index is 12.5. The number of hydrogen-bond donors (Lipinski definition) is 1. The fourth-order valence-electron chi connectivity index (χ4n) is 3.04. The van der Waals surface area contributed by atoms with Crippen molar-refractivity contribution in [2.75, 3.05) is 0 Å². The molecule has 0 fully saturated rings. The van der Waals surface area contributed by atoms with E-state index in [-0.39, 0.29) is 12.5 Å². The van der Waals surface area contributed by atoms with Crippen LogP contribution in [-0.2, 0) is 6.54 Å². The molecule has 0 saturated carbocycles. The molecule has 6 nitrogen and oxygen atoms in total. The van der Waals surface area contributed by atoms with E-state index in [4.69, 9.17) is 11.6 Å². The van der Waals surface area contributed by atoms with Crippen LogP contribution in [0.5, 0.6) is 0 Å². The third-order valence-corrected chi connectivity index (χ3v) is 4.75. The summed E-state index contributed by atoms with van der Waals surface area (Å²) in [6.45, 7) is 4.15. The first-order valence-electron chi connectivity index (χ1n) is 8.84. The summed E-state index contributed by atoms with van der Waals surface area (Å²) in [5.41, 5.74) is 5.03. The Labute approximate surface area is 167 Å². The third-order valence-electron chi connectivity index (χ3n) is 4.50. The lowest BCUT2D eigenvalue weighted by Crippen LogP contribution is -2.25. The molecule has 2 aromatic heterocycles. The summed E-state index contributed by atoms with van der Waals surface area (Å²) >= 11 is 5.96. The zero-order valence-corrected chi connectivity index (χ0v) is 16.2. The number of carbonyl (C=O) groups is 1. The second kappa shape index (κ2) is 7.40. The minimum absolute atomic E-state index is 0.150. The van der Waals surface area contributed by atoms with E-state index in [9.17, 15) is 4.79 Å². The number of aromatic nitrogens is 4. The molecule has 0 bridgehead atoms. The minimum Gasteiger partial charge on any atom is -0.345 e. The first kappa shape index (κ1) is 18.1. The van der Waals surface area contributed by atoms with Crippen LogP contribution in [0.2, 0.25) is 5.02 Å². The number of halogens is 1. The predicted octanol–water partition coefficient (Wildman–Crippen LogP) is 3.99. The molecule has 0 radical (unpaired) electrons. The second-order valence-corrected chi connectivity index (χ2v) is 7.05. The molecular weight excluding hydrogens is 374 g/mol. The Hall–Kier alpha value is -3.25. The van der Waals surface area contributed by atoms with Gasteiger partial charge in [0.25, 0.3) is 5.91 Å². The quantitative estimate of drug-likeness (QED) is 0.571. The molecular formula is C21H18ClN5O. The highest BCUT2D eigenvalue weighted by molar-refractivity contribution is 6.30. The van der Waals surface area contributed by atoms with Crippen molar-refractivity contribution in [3.63, 3.8) is 0 Å². The van der Waals surface area contributed by atoms with Gasteiger partial charge < -0.3 is 5.32 Å². The number of fused-ring (bicyclic) bond motifs is 1. The van der Waals surface area contributed by atoms with E-state index < -0.39 is 0 Å². The summed E-state index contributed by atoms with van der Waals surface area (Å²) in [4.78, 5) is 12.5. The molecule has 0 spiro atoms. The maximum atomic E-state index is 12.5. The van der Waals surface area contributed by atoms with Crippen molar-refractivity contribution in [1.29, 1.82) is 0 Å². The van der Waals surface area contributed by atoms with E-state index in [2.05, 4.69) is 20.6 Å². The molecule has 140 valence electrons. The molecule has 1 amide bonds. The van der Waals surface area contributed by atoms with Gasteiger partial charge in [0.1, 0.15) is 0 Å². The van der Waals surface area contributed by atoms with Gasteiger partial charge in [-0.3, -0.25) is 4.79 Å². The molecule has 28 heavy (non-hydrogen) atoms. The Bertz CT molecular complexity index is 1170. The summed E-state index contributed by atoms with van der Waals surface area (Å²) in [5.74, 6) is 0.409. The lowest BCUT2D eigenvalue weighted by atomic mass is 10.1. The number of nitrogens with zero attached hydrogens (tertiary/aromatic N) is 4. The lowest BCUT2D eigenvalue weighted by Gasteiger charge is -2.08. The van der Waals surface area contributed by atoms with E-state index >= 15 is 0 Å². The molecule has 1 N–H and O–H groups in total. The van der Waals surface area contributed by atoms with Gasteiger partial charge in [0, 0.05) is 16.1 Å². The van der Waals surface area contributed by atoms with Gasteiger partial charge in [0.2, 0.25) is 0 Å². The number of rotatable bonds is 4. The van der Waals surface area contributed by atoms with Crippen LogP contribution >= 0.6 is 11.6 Å². The maximum Gasteiger partial charge on any atom is 0.251 e. The minimum atomic E-state index is -0.150. The Kier molecular flexibility index (Phi) is 4.79. The fraction of sp³-hybridized carbons (Fsp3) is 0.143. The van der Waals surface area contributed by atoms with Gasteiger partial charge in [0.15, 0.2) is 11.5 Å². The summed E-state index contributed by atoms with van der Waals surface area (Å²) in [6, 6.07) is 16.9. The summed E-state index contributed by atoms with van der Waals surface area (Å²) in [7, 11) is 0. The largest absolute Gasteiger partial charge is 0.345 e. The van der Waals surface area contributed by atoms with Crippen molar-refractivity contribution in [3.8, 4) is 11.3 Å². The molecule has 4 rings (SSSR count). The van der Waals surface area contributed by atoms with Gasteiger partial charge in [-0.25, -0.2) is 0 Å². The highest BCUT2D eigenvalue weighted by Crippen LogP contribution is 2.20. The van der Waals surface area contributed by atoms with E-state index in [1.165, 1.54) is 0 Å². The SMILES string of the molecule is Cc1ccc(C(=O)NCc2nnc3ccc(-c4ccc(Cl)cc4)nn23)c(C)c1. The molecule has 0 atom stereocenters. The Morgan fingerprint density at radius 3 is 2.57 bits per heavy atom. The number of hydrogen-bond acceptors (Lipinski definition) is 4. The average molecular weight is 392 g/mol. The van der Waals surface area contributed by atoms with Crippen LogP contribution in [-0.4, -0.2) is 25.7 Å². The van der Waals surface area contributed by atoms with Crippen LogP contribution in [0.25, 0.3) is 16.9 Å². The van der Waals surface area contributed by atoms with E-state index in [0.717, 1.165) is 22.4 Å². The summed E-state index contributed by atoms with van der Waals surface area (Å²) in [6.07, 6.45) is 0. The zero-order valence-electron chi connectivity index (χ0n) is 15.5. The van der Waals surface area contributed by atoms with Crippen LogP contribution in [0.1, 0.15) is 27.3 Å². The predicted molar refractivity (Wildman–Crippen MR) is 108 cm³/mol. The first-order valence-corrected chi connectivity index (χ1v) is 9.22. The van der Waals surface area contributed by atoms with Gasteiger partial charge in [0.05, 0.1) is 12.2 Å². The molecule has 0 aliphatic rings. The normalized spacial score (nSPS) is 11.0. The van der Waals surface area contributed by atoms with Crippen LogP contribution in [0.3, 0.4) is 0 Å². The summed E-state index contributed by atoms with van der Waals surface area (Å²) < 4.78 is 1.65. The fourth-order valence-corrected chi connectivity index (χ4v) is 3.17. The van der Waals surface area contributed by atoms with E-state index in [1.807, 2.05) is 68.4 Å². The van der Waals surface area contributed by atoms with Crippen LogP contribution in [0.15, 0.2) is 54.6 Å². The molecule has 0 saturated heterocycles. The molecule has 2 heterocycles. The Morgan fingerprint density at radius 2 is 1.82 bits per heavy atom. The highest BCUT2D eigenvalue weighted by Gasteiger charge is 2.13. The third kappa shape index (κ3) is 3.59. The van der Waals surface area contributed by atoms with E-state index in [0.29, 0.717) is 22.1 Å². The van der Waals surface area contributed by atoms with Gasteiger partial charge in [-0.15, -0.1) is 10.2 Å². The van der Waals surface area contributed by atoms with Gasteiger partial charge >= 0.3 is 0 Å². The molecule has 0 aliphatic heterocycles. The van der Waals surface area contributed by atoms with Crippen LogP contribution in [0.4, 0.5) is 0 Å². The Balaban J connectivity index is 1.58. The lowest BCUT2D eigenvalue weighted by molar-refractivity contribution is 0.0949. The molecule has 4 aromatic rings. The number of benzene rings is 2. The van der Waals surface area contributed by atoms with Gasteiger partial charge in [-0.05, 0) is 49.7 Å². The van der Waals surface area contributed by atoms with E-state index in [1.54, 1.807) is 4.52 Å².